The average Bonchev–Trinajstić information content (AvgIpc) is 3.39. The summed E-state index contributed by atoms with van der Waals surface area (Å²) in [5, 5.41) is 15.5. The summed E-state index contributed by atoms with van der Waals surface area (Å²) in [5.41, 5.74) is 5.74. The molecule has 1 unspecified atom stereocenters. The van der Waals surface area contributed by atoms with Crippen molar-refractivity contribution in [1.29, 1.82) is 5.26 Å². The first-order valence-electron chi connectivity index (χ1n) is 11.4. The fraction of sp³-hybridized carbons (Fsp3) is 0.826. The van der Waals surface area contributed by atoms with E-state index in [0.29, 0.717) is 13.0 Å². The van der Waals surface area contributed by atoms with E-state index in [-0.39, 0.29) is 46.4 Å². The number of carbonyl (C=O) groups is 3. The summed E-state index contributed by atoms with van der Waals surface area (Å²) < 4.78 is 0. The Morgan fingerprint density at radius 3 is 2.52 bits per heavy atom. The van der Waals surface area contributed by atoms with Gasteiger partial charge in [-0.25, -0.2) is 0 Å². The van der Waals surface area contributed by atoms with Crippen molar-refractivity contribution in [1.82, 2.24) is 15.5 Å². The zero-order valence-corrected chi connectivity index (χ0v) is 19.2. The molecule has 31 heavy (non-hydrogen) atoms. The molecule has 3 amide bonds. The van der Waals surface area contributed by atoms with Gasteiger partial charge in [-0.2, -0.15) is 5.26 Å². The highest BCUT2D eigenvalue weighted by Crippen LogP contribution is 2.65. The van der Waals surface area contributed by atoms with Crippen LogP contribution in [0.2, 0.25) is 0 Å². The van der Waals surface area contributed by atoms with Gasteiger partial charge in [-0.3, -0.25) is 14.4 Å². The van der Waals surface area contributed by atoms with Crippen LogP contribution in [-0.2, 0) is 14.4 Å². The largest absolute Gasteiger partial charge is 0.350 e. The molecule has 0 aromatic rings. The predicted octanol–water partition coefficient (Wildman–Crippen LogP) is 0.910. The molecule has 0 bridgehead atoms. The molecule has 4 rings (SSSR count). The van der Waals surface area contributed by atoms with Crippen molar-refractivity contribution in [2.24, 2.45) is 34.3 Å². The molecule has 8 nitrogen and oxygen atoms in total. The number of likely N-dealkylation sites (tertiary alicyclic amines) is 1. The fourth-order valence-electron chi connectivity index (χ4n) is 5.70. The van der Waals surface area contributed by atoms with Crippen molar-refractivity contribution in [2.45, 2.75) is 84.0 Å². The normalized spacial score (nSPS) is 33.8. The second-order valence-corrected chi connectivity index (χ2v) is 11.8. The zero-order valence-electron chi connectivity index (χ0n) is 19.2. The van der Waals surface area contributed by atoms with Crippen LogP contribution in [0.15, 0.2) is 0 Å². The van der Waals surface area contributed by atoms with E-state index >= 15 is 0 Å². The van der Waals surface area contributed by atoms with Gasteiger partial charge in [-0.05, 0) is 48.3 Å². The third-order valence-electron chi connectivity index (χ3n) is 8.20. The Hall–Kier alpha value is -2.14. The molecule has 2 heterocycles. The first-order chi connectivity index (χ1) is 14.3. The molecule has 0 radical (unpaired) electrons. The van der Waals surface area contributed by atoms with Crippen molar-refractivity contribution in [3.63, 3.8) is 0 Å². The van der Waals surface area contributed by atoms with Gasteiger partial charge in [0, 0.05) is 18.0 Å². The van der Waals surface area contributed by atoms with Crippen LogP contribution < -0.4 is 16.4 Å². The Morgan fingerprint density at radius 2 is 2.00 bits per heavy atom. The monoisotopic (exact) mass is 429 g/mol. The van der Waals surface area contributed by atoms with E-state index in [1.165, 1.54) is 0 Å². The highest BCUT2D eigenvalue weighted by Gasteiger charge is 2.69. The van der Waals surface area contributed by atoms with Crippen molar-refractivity contribution < 1.29 is 14.4 Å². The molecular formula is C23H35N5O3. The third kappa shape index (κ3) is 3.71. The van der Waals surface area contributed by atoms with Gasteiger partial charge < -0.3 is 21.3 Å². The van der Waals surface area contributed by atoms with Gasteiger partial charge in [-0.1, -0.05) is 34.6 Å². The molecule has 0 aromatic carbocycles. The lowest BCUT2D eigenvalue weighted by molar-refractivity contribution is -0.143. The molecule has 2 saturated heterocycles. The standard InChI is InChI=1S/C23H35N5O3/c1-21(2,3)17(25)20(31)28-11-14-15(22(14,4)5)16(28)19(30)26-13(10-24)8-12-9-23(6-7-23)27-18(12)29/h12-17H,6-9,11,25H2,1-5H3,(H,26,30)(H,27,29)/t12-,13+,14+,15?,16+,17-/m1/s1. The molecule has 170 valence electrons. The SMILES string of the molecule is CC(C)(C)[C@H](N)C(=O)N1C[C@H]2C([C@H]1C(=O)N[C@H](C#N)C[C@@H]1CC3(CC3)NC1=O)C2(C)C. The molecule has 2 aliphatic carbocycles. The maximum Gasteiger partial charge on any atom is 0.244 e. The second kappa shape index (κ2) is 6.93. The summed E-state index contributed by atoms with van der Waals surface area (Å²) in [4.78, 5) is 40.4. The summed E-state index contributed by atoms with van der Waals surface area (Å²) in [6.45, 7) is 10.5. The van der Waals surface area contributed by atoms with Gasteiger partial charge in [0.2, 0.25) is 17.7 Å². The van der Waals surface area contributed by atoms with Gasteiger partial charge in [0.15, 0.2) is 0 Å². The molecular weight excluding hydrogens is 394 g/mol. The lowest BCUT2D eigenvalue weighted by Crippen LogP contribution is -2.57. The van der Waals surface area contributed by atoms with Crippen LogP contribution in [0, 0.1) is 39.9 Å². The van der Waals surface area contributed by atoms with Gasteiger partial charge in [0.1, 0.15) is 12.1 Å². The van der Waals surface area contributed by atoms with Gasteiger partial charge in [-0.15, -0.1) is 0 Å². The summed E-state index contributed by atoms with van der Waals surface area (Å²) in [6.07, 6.45) is 3.01. The number of nitriles is 1. The molecule has 0 aromatic heterocycles. The Morgan fingerprint density at radius 1 is 1.35 bits per heavy atom. The average molecular weight is 430 g/mol. The summed E-state index contributed by atoms with van der Waals surface area (Å²) >= 11 is 0. The third-order valence-corrected chi connectivity index (χ3v) is 8.20. The van der Waals surface area contributed by atoms with Crippen molar-refractivity contribution in [3.8, 4) is 6.07 Å². The minimum absolute atomic E-state index is 0.0174. The Kier molecular flexibility index (Phi) is 4.93. The van der Waals surface area contributed by atoms with Crippen LogP contribution in [-0.4, -0.2) is 52.8 Å². The predicted molar refractivity (Wildman–Crippen MR) is 114 cm³/mol. The fourth-order valence-corrected chi connectivity index (χ4v) is 5.70. The number of nitrogens with one attached hydrogen (secondary N) is 2. The van der Waals surface area contributed by atoms with E-state index in [1.807, 2.05) is 20.8 Å². The van der Waals surface area contributed by atoms with Crippen LogP contribution >= 0.6 is 0 Å². The number of rotatable bonds is 5. The first-order valence-corrected chi connectivity index (χ1v) is 11.4. The van der Waals surface area contributed by atoms with E-state index in [4.69, 9.17) is 5.73 Å². The number of carbonyl (C=O) groups excluding carboxylic acids is 3. The molecule has 2 aliphatic heterocycles. The Bertz CT molecular complexity index is 850. The Balaban J connectivity index is 1.46. The summed E-state index contributed by atoms with van der Waals surface area (Å²) in [5.74, 6) is -0.478. The lowest BCUT2D eigenvalue weighted by atomic mass is 9.86. The molecule has 6 atom stereocenters. The second-order valence-electron chi connectivity index (χ2n) is 11.8. The van der Waals surface area contributed by atoms with E-state index in [9.17, 15) is 19.6 Å². The van der Waals surface area contributed by atoms with Crippen LogP contribution in [0.5, 0.6) is 0 Å². The topological polar surface area (TPSA) is 128 Å². The smallest absolute Gasteiger partial charge is 0.244 e. The minimum atomic E-state index is -0.758. The van der Waals surface area contributed by atoms with E-state index in [1.54, 1.807) is 4.90 Å². The van der Waals surface area contributed by atoms with Crippen LogP contribution in [0.4, 0.5) is 0 Å². The molecule has 8 heteroatoms. The number of nitrogens with two attached hydrogens (primary N) is 1. The van der Waals surface area contributed by atoms with Gasteiger partial charge in [0.05, 0.1) is 12.1 Å². The zero-order chi connectivity index (χ0) is 22.9. The van der Waals surface area contributed by atoms with Gasteiger partial charge in [0.25, 0.3) is 0 Å². The Labute approximate surface area is 184 Å². The van der Waals surface area contributed by atoms with Crippen molar-refractivity contribution in [3.05, 3.63) is 0 Å². The van der Waals surface area contributed by atoms with E-state index in [0.717, 1.165) is 19.3 Å². The highest BCUT2D eigenvalue weighted by atomic mass is 16.2. The number of piperidine rings is 1. The number of hydrogen-bond donors (Lipinski definition) is 3. The van der Waals surface area contributed by atoms with Crippen molar-refractivity contribution in [2.75, 3.05) is 6.54 Å². The summed E-state index contributed by atoms with van der Waals surface area (Å²) in [6, 6.07) is 0.0706. The maximum atomic E-state index is 13.3. The summed E-state index contributed by atoms with van der Waals surface area (Å²) in [7, 11) is 0. The van der Waals surface area contributed by atoms with E-state index in [2.05, 4.69) is 30.6 Å². The van der Waals surface area contributed by atoms with Gasteiger partial charge >= 0.3 is 0 Å². The number of amides is 3. The molecule has 4 N–H and O–H groups in total. The minimum Gasteiger partial charge on any atom is -0.350 e. The van der Waals surface area contributed by atoms with Crippen LogP contribution in [0.1, 0.15) is 60.3 Å². The van der Waals surface area contributed by atoms with Crippen molar-refractivity contribution >= 4 is 17.7 Å². The molecule has 1 spiro atoms. The number of hydrogen-bond acceptors (Lipinski definition) is 5. The van der Waals surface area contributed by atoms with E-state index < -0.39 is 23.5 Å². The number of fused-ring (bicyclic) bond motifs is 1. The highest BCUT2D eigenvalue weighted by molar-refractivity contribution is 5.92. The van der Waals surface area contributed by atoms with Crippen LogP contribution in [0.3, 0.4) is 0 Å². The number of nitrogens with zero attached hydrogens (tertiary/aromatic N) is 2. The molecule has 4 aliphatic rings. The lowest BCUT2D eigenvalue weighted by Gasteiger charge is -2.35. The first kappa shape index (κ1) is 22.1. The van der Waals surface area contributed by atoms with Crippen LogP contribution in [0.25, 0.3) is 0 Å². The maximum absolute atomic E-state index is 13.3. The quantitative estimate of drug-likeness (QED) is 0.598. The molecule has 2 saturated carbocycles. The molecule has 4 fully saturated rings.